The van der Waals surface area contributed by atoms with Crippen molar-refractivity contribution in [3.63, 3.8) is 0 Å². The van der Waals surface area contributed by atoms with Crippen molar-refractivity contribution in [2.45, 2.75) is 32.0 Å². The fourth-order valence-electron chi connectivity index (χ4n) is 4.24. The average Bonchev–Trinajstić information content (AvgIpc) is 2.90. The Morgan fingerprint density at radius 2 is 1.42 bits per heavy atom. The van der Waals surface area contributed by atoms with Crippen LogP contribution in [0.1, 0.15) is 31.2 Å². The van der Waals surface area contributed by atoms with Gasteiger partial charge in [0.15, 0.2) is 37.3 Å². The van der Waals surface area contributed by atoms with Gasteiger partial charge in [-0.05, 0) is 42.2 Å². The van der Waals surface area contributed by atoms with E-state index in [4.69, 9.17) is 14.2 Å². The maximum absolute atomic E-state index is 15.1. The Kier molecular flexibility index (Phi) is 8.49. The Bertz CT molecular complexity index is 1220. The van der Waals surface area contributed by atoms with Crippen molar-refractivity contribution in [2.24, 2.45) is 0 Å². The van der Waals surface area contributed by atoms with Gasteiger partial charge in [0.2, 0.25) is 5.82 Å². The van der Waals surface area contributed by atoms with E-state index in [0.717, 1.165) is 6.42 Å². The zero-order valence-corrected chi connectivity index (χ0v) is 20.2. The first-order chi connectivity index (χ1) is 17.4. The van der Waals surface area contributed by atoms with Gasteiger partial charge in [0.1, 0.15) is 0 Å². The number of hydrogen-bond donors (Lipinski definition) is 0. The zero-order valence-electron chi connectivity index (χ0n) is 20.2. The summed E-state index contributed by atoms with van der Waals surface area (Å²) in [4.78, 5) is 0. The third-order valence-electron chi connectivity index (χ3n) is 6.18. The summed E-state index contributed by atoms with van der Waals surface area (Å²) in [5, 5.41) is 0. The summed E-state index contributed by atoms with van der Waals surface area (Å²) < 4.78 is 75.3. The standard InChI is InChI=1S/C28H27BF4O3/c1-2-3-4-5-24-34-14-19(15-35-24)22-11-10-20(25(30)26(22)31)17-6-8-18(9-7-17)21-12-13-23(36-16-29)28(33)27(21)32/h2-3,6-13,19,24H,4-5,14-16,29H2,1H3/b3-2+. The van der Waals surface area contributed by atoms with Crippen molar-refractivity contribution in [3.05, 3.63) is 89.5 Å². The molecule has 188 valence electrons. The second kappa shape index (κ2) is 11.8. The molecule has 0 spiro atoms. The molecule has 0 N–H and O–H groups in total. The third-order valence-corrected chi connectivity index (χ3v) is 6.18. The van der Waals surface area contributed by atoms with Gasteiger partial charge in [-0.2, -0.15) is 4.39 Å². The molecule has 1 heterocycles. The van der Waals surface area contributed by atoms with E-state index in [2.05, 4.69) is 0 Å². The Labute approximate surface area is 209 Å². The SMILES string of the molecule is BCOc1ccc(-c2ccc(-c3ccc(C4COC(CC/C=C/C)OC4)c(F)c3F)cc2)c(F)c1F. The largest absolute Gasteiger partial charge is 0.500 e. The van der Waals surface area contributed by atoms with Gasteiger partial charge in [-0.15, -0.1) is 0 Å². The minimum absolute atomic E-state index is 0.0471. The number of halogens is 4. The maximum Gasteiger partial charge on any atom is 0.201 e. The van der Waals surface area contributed by atoms with E-state index >= 15 is 8.78 Å². The molecule has 0 saturated carbocycles. The molecular weight excluding hydrogens is 471 g/mol. The van der Waals surface area contributed by atoms with E-state index in [1.807, 2.05) is 19.1 Å². The van der Waals surface area contributed by atoms with Crippen molar-refractivity contribution in [3.8, 4) is 28.0 Å². The molecule has 3 aromatic carbocycles. The number of hydrogen-bond acceptors (Lipinski definition) is 3. The maximum atomic E-state index is 15.1. The van der Waals surface area contributed by atoms with Crippen LogP contribution in [-0.4, -0.2) is 33.9 Å². The Hall–Kier alpha value is -3.10. The van der Waals surface area contributed by atoms with Crippen molar-refractivity contribution in [2.75, 3.05) is 19.7 Å². The Balaban J connectivity index is 1.50. The third kappa shape index (κ3) is 5.50. The minimum atomic E-state index is -1.07. The Morgan fingerprint density at radius 1 is 0.833 bits per heavy atom. The molecule has 0 unspecified atom stereocenters. The molecule has 0 bridgehead atoms. The average molecular weight is 498 g/mol. The quantitative estimate of drug-likeness (QED) is 0.206. The van der Waals surface area contributed by atoms with E-state index in [1.54, 1.807) is 26.0 Å². The molecule has 3 aromatic rings. The van der Waals surface area contributed by atoms with E-state index in [-0.39, 0.29) is 48.4 Å². The summed E-state index contributed by atoms with van der Waals surface area (Å²) in [5.41, 5.74) is 1.13. The second-order valence-electron chi connectivity index (χ2n) is 8.52. The van der Waals surface area contributed by atoms with Gasteiger partial charge >= 0.3 is 0 Å². The lowest BCUT2D eigenvalue weighted by atomic mass is 9.94. The van der Waals surface area contributed by atoms with Crippen LogP contribution in [-0.2, 0) is 9.47 Å². The first kappa shape index (κ1) is 26.0. The number of rotatable bonds is 8. The molecule has 3 nitrogen and oxygen atoms in total. The topological polar surface area (TPSA) is 27.7 Å². The fraction of sp³-hybridized carbons (Fsp3) is 0.286. The minimum Gasteiger partial charge on any atom is -0.500 e. The number of benzene rings is 3. The Morgan fingerprint density at radius 3 is 2.00 bits per heavy atom. The molecule has 0 aromatic heterocycles. The molecule has 1 aliphatic heterocycles. The van der Waals surface area contributed by atoms with Crippen molar-refractivity contribution >= 4 is 7.85 Å². The molecule has 1 aliphatic rings. The molecule has 0 radical (unpaired) electrons. The number of allylic oxidation sites excluding steroid dienone is 2. The molecule has 8 heteroatoms. The highest BCUT2D eigenvalue weighted by Crippen LogP contribution is 2.34. The van der Waals surface area contributed by atoms with E-state index < -0.39 is 29.2 Å². The van der Waals surface area contributed by atoms with Gasteiger partial charge in [0.05, 0.1) is 19.7 Å². The fourth-order valence-corrected chi connectivity index (χ4v) is 4.24. The zero-order chi connectivity index (χ0) is 25.7. The van der Waals surface area contributed by atoms with Gasteiger partial charge in [-0.1, -0.05) is 48.6 Å². The van der Waals surface area contributed by atoms with Crippen molar-refractivity contribution in [1.29, 1.82) is 0 Å². The van der Waals surface area contributed by atoms with Crippen LogP contribution in [0.3, 0.4) is 0 Å². The highest BCUT2D eigenvalue weighted by molar-refractivity contribution is 6.08. The monoisotopic (exact) mass is 498 g/mol. The van der Waals surface area contributed by atoms with Crippen LogP contribution in [0, 0.1) is 23.3 Å². The van der Waals surface area contributed by atoms with E-state index in [0.29, 0.717) is 17.5 Å². The lowest BCUT2D eigenvalue weighted by Crippen LogP contribution is -2.31. The summed E-state index contributed by atoms with van der Waals surface area (Å²) in [7, 11) is 1.68. The molecule has 1 fully saturated rings. The van der Waals surface area contributed by atoms with Crippen molar-refractivity contribution < 1.29 is 31.8 Å². The summed E-state index contributed by atoms with van der Waals surface area (Å²) in [5.74, 6) is -4.59. The summed E-state index contributed by atoms with van der Waals surface area (Å²) in [6, 6.07) is 12.0. The molecule has 0 aliphatic carbocycles. The normalized spacial score (nSPS) is 18.0. The van der Waals surface area contributed by atoms with Crippen LogP contribution in [0.5, 0.6) is 5.75 Å². The molecule has 4 rings (SSSR count). The lowest BCUT2D eigenvalue weighted by molar-refractivity contribution is -0.189. The summed E-state index contributed by atoms with van der Waals surface area (Å²) >= 11 is 0. The van der Waals surface area contributed by atoms with Crippen LogP contribution >= 0.6 is 0 Å². The van der Waals surface area contributed by atoms with Gasteiger partial charge in [-0.3, -0.25) is 0 Å². The predicted octanol–water partition coefficient (Wildman–Crippen LogP) is 6.36. The molecular formula is C28H27BF4O3. The van der Waals surface area contributed by atoms with Gasteiger partial charge in [0.25, 0.3) is 0 Å². The van der Waals surface area contributed by atoms with E-state index in [9.17, 15) is 8.78 Å². The first-order valence-corrected chi connectivity index (χ1v) is 12.0. The van der Waals surface area contributed by atoms with Crippen LogP contribution in [0.15, 0.2) is 60.7 Å². The number of ether oxygens (including phenoxy) is 3. The highest BCUT2D eigenvalue weighted by Gasteiger charge is 2.27. The molecule has 0 atom stereocenters. The van der Waals surface area contributed by atoms with Gasteiger partial charge in [0, 0.05) is 23.5 Å². The first-order valence-electron chi connectivity index (χ1n) is 12.0. The van der Waals surface area contributed by atoms with Crippen molar-refractivity contribution in [1.82, 2.24) is 0 Å². The van der Waals surface area contributed by atoms with Crippen LogP contribution < -0.4 is 4.74 Å². The van der Waals surface area contributed by atoms with Gasteiger partial charge in [-0.25, -0.2) is 13.2 Å². The molecule has 1 saturated heterocycles. The van der Waals surface area contributed by atoms with Gasteiger partial charge < -0.3 is 14.2 Å². The second-order valence-corrected chi connectivity index (χ2v) is 8.52. The highest BCUT2D eigenvalue weighted by atomic mass is 19.2. The molecule has 36 heavy (non-hydrogen) atoms. The smallest absolute Gasteiger partial charge is 0.201 e. The lowest BCUT2D eigenvalue weighted by Gasteiger charge is -2.30. The van der Waals surface area contributed by atoms with Crippen LogP contribution in [0.4, 0.5) is 17.6 Å². The summed E-state index contributed by atoms with van der Waals surface area (Å²) in [6.45, 7) is 2.64. The molecule has 0 amide bonds. The van der Waals surface area contributed by atoms with E-state index in [1.165, 1.54) is 30.3 Å². The predicted molar refractivity (Wildman–Crippen MR) is 134 cm³/mol. The summed E-state index contributed by atoms with van der Waals surface area (Å²) in [6.07, 6.45) is 5.15. The van der Waals surface area contributed by atoms with Crippen LogP contribution in [0.2, 0.25) is 0 Å². The van der Waals surface area contributed by atoms with Crippen LogP contribution in [0.25, 0.3) is 22.3 Å².